The van der Waals surface area contributed by atoms with Gasteiger partial charge in [0.15, 0.2) is 0 Å². The number of phenols is 1. The summed E-state index contributed by atoms with van der Waals surface area (Å²) < 4.78 is 0. The lowest BCUT2D eigenvalue weighted by Crippen LogP contribution is -2.28. The second-order valence-corrected chi connectivity index (χ2v) is 4.53. The molecule has 0 spiro atoms. The summed E-state index contributed by atoms with van der Waals surface area (Å²) in [5.41, 5.74) is 6.63. The number of hydrogen-bond donors (Lipinski definition) is 2. The topological polar surface area (TPSA) is 66.6 Å². The number of phenolic OH excluding ortho intramolecular Hbond substituents is 1. The molecule has 0 bridgehead atoms. The molecule has 4 heteroatoms. The van der Waals surface area contributed by atoms with Crippen LogP contribution in [0.5, 0.6) is 5.75 Å². The molecule has 1 amide bonds. The number of hydrogen-bond acceptors (Lipinski definition) is 3. The van der Waals surface area contributed by atoms with E-state index in [0.717, 1.165) is 19.3 Å². The van der Waals surface area contributed by atoms with E-state index in [-0.39, 0.29) is 11.7 Å². The summed E-state index contributed by atoms with van der Waals surface area (Å²) in [6.07, 6.45) is 2.98. The third kappa shape index (κ3) is 3.74. The van der Waals surface area contributed by atoms with Crippen molar-refractivity contribution in [3.63, 3.8) is 0 Å². The van der Waals surface area contributed by atoms with Gasteiger partial charge in [-0.1, -0.05) is 12.5 Å². The van der Waals surface area contributed by atoms with Crippen molar-refractivity contribution in [2.45, 2.75) is 26.2 Å². The van der Waals surface area contributed by atoms with Gasteiger partial charge in [0, 0.05) is 24.7 Å². The van der Waals surface area contributed by atoms with Crippen molar-refractivity contribution in [2.24, 2.45) is 5.73 Å². The number of amides is 1. The van der Waals surface area contributed by atoms with Crippen LogP contribution in [-0.4, -0.2) is 36.1 Å². The quantitative estimate of drug-likeness (QED) is 0.758. The molecule has 1 aromatic carbocycles. The van der Waals surface area contributed by atoms with E-state index < -0.39 is 0 Å². The summed E-state index contributed by atoms with van der Waals surface area (Å²) in [6.45, 7) is 3.17. The van der Waals surface area contributed by atoms with Crippen molar-refractivity contribution in [3.05, 3.63) is 29.3 Å². The molecular weight excluding hydrogens is 228 g/mol. The lowest BCUT2D eigenvalue weighted by molar-refractivity contribution is 0.0791. The molecule has 0 aromatic heterocycles. The number of carbonyl (C=O) groups excluding carboxylic acids is 1. The van der Waals surface area contributed by atoms with Crippen LogP contribution in [0, 0.1) is 6.92 Å². The average molecular weight is 250 g/mol. The Morgan fingerprint density at radius 1 is 1.33 bits per heavy atom. The van der Waals surface area contributed by atoms with Crippen LogP contribution >= 0.6 is 0 Å². The van der Waals surface area contributed by atoms with Crippen LogP contribution in [-0.2, 0) is 0 Å². The van der Waals surface area contributed by atoms with E-state index in [1.807, 2.05) is 0 Å². The van der Waals surface area contributed by atoms with Gasteiger partial charge in [-0.25, -0.2) is 0 Å². The highest BCUT2D eigenvalue weighted by Gasteiger charge is 2.15. The van der Waals surface area contributed by atoms with Crippen molar-refractivity contribution in [2.75, 3.05) is 20.1 Å². The van der Waals surface area contributed by atoms with Crippen LogP contribution in [0.4, 0.5) is 0 Å². The minimum absolute atomic E-state index is 0.0452. The fourth-order valence-corrected chi connectivity index (χ4v) is 1.83. The van der Waals surface area contributed by atoms with Crippen molar-refractivity contribution in [1.82, 2.24) is 4.90 Å². The number of carbonyl (C=O) groups is 1. The molecule has 0 unspecified atom stereocenters. The van der Waals surface area contributed by atoms with Crippen LogP contribution in [0.1, 0.15) is 35.2 Å². The molecule has 0 atom stereocenters. The highest BCUT2D eigenvalue weighted by Crippen LogP contribution is 2.20. The Labute approximate surface area is 108 Å². The highest BCUT2D eigenvalue weighted by atomic mass is 16.3. The molecule has 0 radical (unpaired) electrons. The van der Waals surface area contributed by atoms with E-state index in [0.29, 0.717) is 24.2 Å². The lowest BCUT2D eigenvalue weighted by Gasteiger charge is -2.18. The largest absolute Gasteiger partial charge is 0.508 e. The first-order valence-electron chi connectivity index (χ1n) is 6.32. The molecular formula is C14H22N2O2. The minimum Gasteiger partial charge on any atom is -0.508 e. The third-order valence-corrected chi connectivity index (χ3v) is 3.08. The predicted molar refractivity (Wildman–Crippen MR) is 72.7 cm³/mol. The monoisotopic (exact) mass is 250 g/mol. The number of nitrogens with two attached hydrogens (primary N) is 1. The van der Waals surface area contributed by atoms with E-state index in [9.17, 15) is 9.90 Å². The molecule has 0 aliphatic carbocycles. The summed E-state index contributed by atoms with van der Waals surface area (Å²) >= 11 is 0. The summed E-state index contributed by atoms with van der Waals surface area (Å²) in [7, 11) is 1.79. The fourth-order valence-electron chi connectivity index (χ4n) is 1.83. The molecule has 18 heavy (non-hydrogen) atoms. The van der Waals surface area contributed by atoms with Crippen molar-refractivity contribution in [1.29, 1.82) is 0 Å². The van der Waals surface area contributed by atoms with Crippen molar-refractivity contribution in [3.8, 4) is 5.75 Å². The Bertz CT molecular complexity index is 405. The van der Waals surface area contributed by atoms with Crippen molar-refractivity contribution < 1.29 is 9.90 Å². The molecule has 0 saturated carbocycles. The number of aromatic hydroxyl groups is 1. The van der Waals surface area contributed by atoms with Crippen LogP contribution in [0.3, 0.4) is 0 Å². The second kappa shape index (κ2) is 7.01. The van der Waals surface area contributed by atoms with Gasteiger partial charge in [-0.2, -0.15) is 0 Å². The molecule has 0 heterocycles. The van der Waals surface area contributed by atoms with Gasteiger partial charge in [-0.05, 0) is 38.4 Å². The molecule has 1 rings (SSSR count). The van der Waals surface area contributed by atoms with E-state index in [1.165, 1.54) is 0 Å². The zero-order chi connectivity index (χ0) is 13.5. The second-order valence-electron chi connectivity index (χ2n) is 4.53. The van der Waals surface area contributed by atoms with E-state index >= 15 is 0 Å². The maximum Gasteiger partial charge on any atom is 0.253 e. The minimum atomic E-state index is -0.0452. The zero-order valence-electron chi connectivity index (χ0n) is 11.1. The van der Waals surface area contributed by atoms with E-state index in [4.69, 9.17) is 5.73 Å². The SMILES string of the molecule is Cc1c(O)cccc1C(=O)N(C)CCCCCN. The van der Waals surface area contributed by atoms with Gasteiger partial charge in [-0.3, -0.25) is 4.79 Å². The smallest absolute Gasteiger partial charge is 0.253 e. The predicted octanol–water partition coefficient (Wildman–Crippen LogP) is 1.90. The lowest BCUT2D eigenvalue weighted by atomic mass is 10.1. The van der Waals surface area contributed by atoms with Gasteiger partial charge < -0.3 is 15.7 Å². The van der Waals surface area contributed by atoms with Crippen LogP contribution in [0.2, 0.25) is 0 Å². The molecule has 0 fully saturated rings. The average Bonchev–Trinajstić information content (AvgIpc) is 2.37. The molecule has 1 aromatic rings. The number of nitrogens with zero attached hydrogens (tertiary/aromatic N) is 1. The summed E-state index contributed by atoms with van der Waals surface area (Å²) in [4.78, 5) is 13.9. The summed E-state index contributed by atoms with van der Waals surface area (Å²) in [6, 6.07) is 5.03. The Hall–Kier alpha value is -1.55. The van der Waals surface area contributed by atoms with Crippen LogP contribution < -0.4 is 5.73 Å². The van der Waals surface area contributed by atoms with E-state index in [1.54, 1.807) is 37.1 Å². The molecule has 0 aliphatic rings. The molecule has 0 aliphatic heterocycles. The van der Waals surface area contributed by atoms with Gasteiger partial charge in [0.2, 0.25) is 0 Å². The molecule has 0 saturated heterocycles. The van der Waals surface area contributed by atoms with Gasteiger partial charge in [-0.15, -0.1) is 0 Å². The number of benzene rings is 1. The van der Waals surface area contributed by atoms with Crippen LogP contribution in [0.25, 0.3) is 0 Å². The van der Waals surface area contributed by atoms with Gasteiger partial charge in [0.05, 0.1) is 0 Å². The zero-order valence-corrected chi connectivity index (χ0v) is 11.1. The van der Waals surface area contributed by atoms with Gasteiger partial charge in [0.25, 0.3) is 5.91 Å². The Morgan fingerprint density at radius 3 is 2.72 bits per heavy atom. The summed E-state index contributed by atoms with van der Waals surface area (Å²) in [5.74, 6) is 0.119. The number of rotatable bonds is 6. The van der Waals surface area contributed by atoms with Gasteiger partial charge in [0.1, 0.15) is 5.75 Å². The first-order chi connectivity index (χ1) is 8.57. The molecule has 100 valence electrons. The first-order valence-corrected chi connectivity index (χ1v) is 6.32. The maximum atomic E-state index is 12.2. The standard InChI is InChI=1S/C14H22N2O2/c1-11-12(7-6-8-13(11)17)14(18)16(2)10-5-3-4-9-15/h6-8,17H,3-5,9-10,15H2,1-2H3. The maximum absolute atomic E-state index is 12.2. The van der Waals surface area contributed by atoms with Crippen molar-refractivity contribution >= 4 is 5.91 Å². The summed E-state index contributed by atoms with van der Waals surface area (Å²) in [5, 5.41) is 9.59. The van der Waals surface area contributed by atoms with Crippen LogP contribution in [0.15, 0.2) is 18.2 Å². The highest BCUT2D eigenvalue weighted by molar-refractivity contribution is 5.96. The molecule has 3 N–H and O–H groups in total. The van der Waals surface area contributed by atoms with Gasteiger partial charge >= 0.3 is 0 Å². The molecule has 4 nitrogen and oxygen atoms in total. The normalized spacial score (nSPS) is 10.4. The number of unbranched alkanes of at least 4 members (excludes halogenated alkanes) is 2. The first kappa shape index (κ1) is 14.5. The third-order valence-electron chi connectivity index (χ3n) is 3.08. The Kier molecular flexibility index (Phi) is 5.65. The Balaban J connectivity index is 2.60. The fraction of sp³-hybridized carbons (Fsp3) is 0.500. The Morgan fingerprint density at radius 2 is 2.06 bits per heavy atom. The van der Waals surface area contributed by atoms with E-state index in [2.05, 4.69) is 0 Å².